The molecule has 0 saturated heterocycles. The average Bonchev–Trinajstić information content (AvgIpc) is 1.16. The van der Waals surface area contributed by atoms with Gasteiger partial charge in [-0.2, -0.15) is 0 Å². The first-order valence-corrected chi connectivity index (χ1v) is 49.3. The van der Waals surface area contributed by atoms with E-state index in [1.807, 2.05) is 0 Å². The predicted octanol–water partition coefficient (Wildman–Crippen LogP) is 24.0. The van der Waals surface area contributed by atoms with Gasteiger partial charge in [0.15, 0.2) is 16.1 Å². The topological polar surface area (TPSA) is 16.3 Å². The maximum absolute atomic E-state index is 3.03. The number of anilines is 6. The molecule has 21 aromatic rings. The van der Waals surface area contributed by atoms with E-state index in [0.29, 0.717) is 0 Å². The van der Waals surface area contributed by atoms with Crippen molar-refractivity contribution in [3.05, 3.63) is 478 Å². The molecule has 0 aliphatic carbocycles. The predicted molar refractivity (Wildman–Crippen MR) is 556 cm³/mol. The lowest BCUT2D eigenvalue weighted by molar-refractivity contribution is 0.590. The Hall–Kier alpha value is -15.1. The molecule has 4 nitrogen and oxygen atoms in total. The van der Waals surface area contributed by atoms with Crippen molar-refractivity contribution in [1.29, 1.82) is 0 Å². The van der Waals surface area contributed by atoms with Crippen LogP contribution >= 0.6 is 0 Å². The molecule has 0 amide bonds. The molecule has 129 heavy (non-hydrogen) atoms. The molecule has 0 saturated carbocycles. The Balaban J connectivity index is 0.801. The van der Waals surface area contributed by atoms with Crippen molar-refractivity contribution >= 4 is 158 Å². The fraction of sp³-hybridized carbons (Fsp3) is 0.0656. The van der Waals surface area contributed by atoms with Gasteiger partial charge in [0, 0.05) is 77.9 Å². The molecule has 23 rings (SSSR count). The van der Waals surface area contributed by atoms with Gasteiger partial charge in [-0.05, 0) is 163 Å². The highest BCUT2D eigenvalue weighted by atomic mass is 28.3. The first kappa shape index (κ1) is 78.6. The van der Waals surface area contributed by atoms with Crippen molar-refractivity contribution in [3.8, 4) is 55.9 Å². The Morgan fingerprint density at radius 2 is 0.496 bits per heavy atom. The van der Waals surface area contributed by atoms with Crippen molar-refractivity contribution in [1.82, 2.24) is 9.13 Å². The van der Waals surface area contributed by atoms with Crippen molar-refractivity contribution in [3.63, 3.8) is 0 Å². The van der Waals surface area contributed by atoms with E-state index in [9.17, 15) is 0 Å². The van der Waals surface area contributed by atoms with Crippen LogP contribution in [-0.4, -0.2) is 32.0 Å². The minimum atomic E-state index is -3.03. The summed E-state index contributed by atoms with van der Waals surface area (Å²) in [5.41, 5.74) is 28.9. The van der Waals surface area contributed by atoms with Crippen molar-refractivity contribution in [2.24, 2.45) is 0 Å². The van der Waals surface area contributed by atoms with E-state index in [0.717, 1.165) is 78.8 Å². The van der Waals surface area contributed by atoms with E-state index >= 15 is 0 Å². The first-order valence-electron chi connectivity index (χ1n) is 45.3. The molecule has 0 spiro atoms. The molecule has 19 aromatic carbocycles. The second kappa shape index (κ2) is 31.5. The molecular weight excluding hydrogens is 1590 g/mol. The van der Waals surface area contributed by atoms with Crippen LogP contribution in [0.1, 0.15) is 52.7 Å². The van der Waals surface area contributed by atoms with Crippen LogP contribution in [-0.2, 0) is 10.8 Å². The fourth-order valence-electron chi connectivity index (χ4n) is 21.8. The van der Waals surface area contributed by atoms with Crippen LogP contribution in [0.3, 0.4) is 0 Å². The molecule has 7 heteroatoms. The van der Waals surface area contributed by atoms with Gasteiger partial charge in [-0.3, -0.25) is 0 Å². The lowest BCUT2D eigenvalue weighted by Crippen LogP contribution is -2.74. The number of rotatable bonds is 16. The van der Waals surface area contributed by atoms with Crippen LogP contribution < -0.4 is 67.7 Å². The summed E-state index contributed by atoms with van der Waals surface area (Å²) in [6, 6.07) is 179. The molecule has 2 aliphatic heterocycles. The Bertz CT molecular complexity index is 7210. The fourth-order valence-corrected chi connectivity index (χ4v) is 31.4. The number of benzene rings is 19. The summed E-state index contributed by atoms with van der Waals surface area (Å²) < 4.78 is 5.14. The number of hydrogen-bond acceptors (Lipinski definition) is 2. The molecule has 0 atom stereocenters. The monoisotopic (exact) mass is 1680 g/mol. The summed E-state index contributed by atoms with van der Waals surface area (Å²) in [6.07, 6.45) is 0. The summed E-state index contributed by atoms with van der Waals surface area (Å²) in [5, 5.41) is 15.4. The second-order valence-electron chi connectivity index (χ2n) is 37.0. The van der Waals surface area contributed by atoms with Crippen LogP contribution in [0.25, 0.3) is 99.5 Å². The number of para-hydroxylation sites is 6. The molecule has 614 valence electrons. The molecule has 0 fully saturated rings. The van der Waals surface area contributed by atoms with Gasteiger partial charge < -0.3 is 18.9 Å². The van der Waals surface area contributed by atoms with Gasteiger partial charge in [-0.1, -0.05) is 448 Å². The van der Waals surface area contributed by atoms with Gasteiger partial charge in [0.25, 0.3) is 6.71 Å². The quantitative estimate of drug-likeness (QED) is 0.0708. The SMILES string of the molecule is CC(C)(C)c1ccc(-c2cccc3c4ccccc4n(-c4ccc5c(c4)N(c4ccccc4-c4cccc([Si](c6ccccc6)(c6ccccc6)c6ccccc6)c4)c4cccc6c4B5c4ccc(-n5c7ccccc7c7cccc(-c8ccc(C(C)(C)C)cc8)c75)cc4N6c4ccccc4-c4cccc([Si](c5ccccc5)(c5ccccc5)c5ccccc5)c4)c23)cc1. The average molecular weight is 1680 g/mol. The Morgan fingerprint density at radius 3 is 0.853 bits per heavy atom. The third kappa shape index (κ3) is 12.8. The molecular formula is C122H95BN4Si2. The molecule has 0 radical (unpaired) electrons. The maximum Gasteiger partial charge on any atom is 0.252 e. The summed E-state index contributed by atoms with van der Waals surface area (Å²) >= 11 is 0. The van der Waals surface area contributed by atoms with Crippen LogP contribution in [0.5, 0.6) is 0 Å². The van der Waals surface area contributed by atoms with Gasteiger partial charge in [0.1, 0.15) is 0 Å². The van der Waals surface area contributed by atoms with E-state index < -0.39 is 16.1 Å². The van der Waals surface area contributed by atoms with Gasteiger partial charge in [0.05, 0.1) is 33.4 Å². The van der Waals surface area contributed by atoms with Crippen molar-refractivity contribution in [2.45, 2.75) is 52.4 Å². The van der Waals surface area contributed by atoms with Crippen LogP contribution in [0, 0.1) is 0 Å². The van der Waals surface area contributed by atoms with Crippen molar-refractivity contribution in [2.75, 3.05) is 9.80 Å². The van der Waals surface area contributed by atoms with Crippen molar-refractivity contribution < 1.29 is 0 Å². The second-order valence-corrected chi connectivity index (χ2v) is 44.6. The Labute approximate surface area is 758 Å². The largest absolute Gasteiger partial charge is 0.311 e. The number of nitrogens with zero attached hydrogens (tertiary/aromatic N) is 4. The standard InChI is InChI=1S/C122H95BN4Si2/c1-121(2,3)88-72-68-84(69-73-88)102-58-35-60-106-104-56-27-31-64-112(104)124(119(102)106)90-76-78-108-116(82-90)126(110-62-29-25-54-100(110)86-38-33-52-98(80-86)128(92-40-13-7-14-41-92,93-42-15-8-16-43-93)94-44-17-9-18-45-94)114-66-37-67-115-118(114)123(108)109-79-77-91(125-113-65-32-28-57-105(113)107-61-36-59-103(120(107)125)85-70-74-89(75-71-85)122(4,5)6)83-117(109)127(115)111-63-30-26-55-101(111)87-39-34-53-99(81-87)129(95-46-19-10-20-47-95,96-48-21-11-22-49-96)97-50-23-12-24-51-97/h7-83H,1-6H3. The highest BCUT2D eigenvalue weighted by molar-refractivity contribution is 7.20. The first-order chi connectivity index (χ1) is 63.3. The zero-order valence-electron chi connectivity index (χ0n) is 73.3. The number of fused-ring (bicyclic) bond motifs is 10. The van der Waals surface area contributed by atoms with Crippen LogP contribution in [0.2, 0.25) is 0 Å². The third-order valence-corrected chi connectivity index (χ3v) is 37.3. The molecule has 4 heterocycles. The molecule has 0 N–H and O–H groups in total. The summed E-state index contributed by atoms with van der Waals surface area (Å²) in [4.78, 5) is 5.32. The zero-order valence-corrected chi connectivity index (χ0v) is 75.3. The summed E-state index contributed by atoms with van der Waals surface area (Å²) in [5.74, 6) is 0. The molecule has 0 bridgehead atoms. The third-order valence-electron chi connectivity index (χ3n) is 27.7. The summed E-state index contributed by atoms with van der Waals surface area (Å²) in [6.45, 7) is 13.5. The highest BCUT2D eigenvalue weighted by Gasteiger charge is 2.47. The van der Waals surface area contributed by atoms with Crippen LogP contribution in [0.15, 0.2) is 467 Å². The maximum atomic E-state index is 2.66. The minimum Gasteiger partial charge on any atom is -0.311 e. The Kier molecular flexibility index (Phi) is 19.2. The lowest BCUT2D eigenvalue weighted by atomic mass is 9.33. The number of aromatic nitrogens is 2. The van der Waals surface area contributed by atoms with E-state index in [1.54, 1.807) is 0 Å². The minimum absolute atomic E-state index is 0.00859. The van der Waals surface area contributed by atoms with E-state index in [2.05, 4.69) is 528 Å². The van der Waals surface area contributed by atoms with Gasteiger partial charge in [-0.15, -0.1) is 0 Å². The van der Waals surface area contributed by atoms with E-state index in [4.69, 9.17) is 0 Å². The molecule has 2 aliphatic rings. The lowest BCUT2D eigenvalue weighted by Gasteiger charge is -2.45. The number of hydrogen-bond donors (Lipinski definition) is 0. The Morgan fingerprint density at radius 1 is 0.209 bits per heavy atom. The smallest absolute Gasteiger partial charge is 0.252 e. The van der Waals surface area contributed by atoms with E-state index in [-0.39, 0.29) is 17.5 Å². The van der Waals surface area contributed by atoms with Gasteiger partial charge >= 0.3 is 0 Å². The van der Waals surface area contributed by atoms with Crippen LogP contribution in [0.4, 0.5) is 34.1 Å². The summed E-state index contributed by atoms with van der Waals surface area (Å²) in [7, 11) is -6.07. The van der Waals surface area contributed by atoms with Gasteiger partial charge in [-0.25, -0.2) is 0 Å². The van der Waals surface area contributed by atoms with E-state index in [1.165, 1.54) is 124 Å². The highest BCUT2D eigenvalue weighted by Crippen LogP contribution is 2.51. The normalized spacial score (nSPS) is 12.7. The molecule has 2 aromatic heterocycles. The van der Waals surface area contributed by atoms with Gasteiger partial charge in [0.2, 0.25) is 0 Å². The molecule has 0 unspecified atom stereocenters. The zero-order chi connectivity index (χ0) is 86.7.